The molecule has 0 aliphatic carbocycles. The lowest BCUT2D eigenvalue weighted by Crippen LogP contribution is -2.74. The van der Waals surface area contributed by atoms with Gasteiger partial charge in [-0.3, -0.25) is 0 Å². The van der Waals surface area contributed by atoms with Crippen LogP contribution in [-0.2, 0) is 0 Å². The zero-order chi connectivity index (χ0) is 30.7. The minimum atomic E-state index is -2.67. The van der Waals surface area contributed by atoms with E-state index >= 15 is 0 Å². The molecule has 0 bridgehead atoms. The molecule has 0 saturated heterocycles. The van der Waals surface area contributed by atoms with Crippen molar-refractivity contribution in [2.45, 2.75) is 6.92 Å². The van der Waals surface area contributed by atoms with Gasteiger partial charge in [-0.2, -0.15) is 0 Å². The zero-order valence-corrected chi connectivity index (χ0v) is 26.5. The largest absolute Gasteiger partial charge is 0.456 e. The molecule has 0 spiro atoms. The minimum absolute atomic E-state index is 0.903. The van der Waals surface area contributed by atoms with Gasteiger partial charge in [-0.15, -0.1) is 0 Å². The van der Waals surface area contributed by atoms with Gasteiger partial charge in [0.25, 0.3) is 0 Å². The summed E-state index contributed by atoms with van der Waals surface area (Å²) >= 11 is 0. The van der Waals surface area contributed by atoms with Gasteiger partial charge in [-0.25, -0.2) is 0 Å². The molecule has 0 N–H and O–H groups in total. The summed E-state index contributed by atoms with van der Waals surface area (Å²) in [6.45, 7) is 2.21. The molecule has 7 aromatic carbocycles. The van der Waals surface area contributed by atoms with Crippen molar-refractivity contribution < 1.29 is 4.42 Å². The molecule has 2 nitrogen and oxygen atoms in total. The standard InChI is InChI=1S/C43H31NOSi/c1-30-14-13-22-37-36-21-11-12-23-40(36)44(43(30)37)31-24-26-41-38(28-31)39-29-35(25-27-42(39)45-41)46(32-15-5-2-6-16-32,33-17-7-3-8-18-33)34-19-9-4-10-20-34/h2-29H,1H3. The number of fused-ring (bicyclic) bond motifs is 6. The fourth-order valence-corrected chi connectivity index (χ4v) is 12.4. The van der Waals surface area contributed by atoms with Crippen LogP contribution in [0.3, 0.4) is 0 Å². The monoisotopic (exact) mass is 605 g/mol. The minimum Gasteiger partial charge on any atom is -0.456 e. The van der Waals surface area contributed by atoms with Crippen molar-refractivity contribution >= 4 is 72.6 Å². The highest BCUT2D eigenvalue weighted by Crippen LogP contribution is 2.36. The normalized spacial score (nSPS) is 12.0. The summed E-state index contributed by atoms with van der Waals surface area (Å²) in [5, 5.41) is 10.2. The van der Waals surface area contributed by atoms with Gasteiger partial charge < -0.3 is 8.98 Å². The lowest BCUT2D eigenvalue weighted by Gasteiger charge is -2.34. The molecule has 0 fully saturated rings. The Bertz CT molecular complexity index is 2430. The van der Waals surface area contributed by atoms with Crippen molar-refractivity contribution in [1.82, 2.24) is 4.57 Å². The van der Waals surface area contributed by atoms with E-state index in [0.29, 0.717) is 0 Å². The number of hydrogen-bond donors (Lipinski definition) is 0. The van der Waals surface area contributed by atoms with Crippen LogP contribution in [0.1, 0.15) is 5.56 Å². The van der Waals surface area contributed by atoms with Crippen LogP contribution < -0.4 is 20.7 Å². The van der Waals surface area contributed by atoms with Gasteiger partial charge in [-0.1, -0.05) is 140 Å². The maximum absolute atomic E-state index is 6.51. The van der Waals surface area contributed by atoms with Crippen LogP contribution in [0.2, 0.25) is 0 Å². The molecule has 0 atom stereocenters. The number of furan rings is 1. The number of benzene rings is 7. The average Bonchev–Trinajstić information content (AvgIpc) is 3.66. The average molecular weight is 606 g/mol. The molecule has 0 unspecified atom stereocenters. The van der Waals surface area contributed by atoms with E-state index in [2.05, 4.69) is 181 Å². The highest BCUT2D eigenvalue weighted by Gasteiger charge is 2.41. The van der Waals surface area contributed by atoms with Crippen molar-refractivity contribution in [3.05, 3.63) is 175 Å². The maximum atomic E-state index is 6.51. The summed E-state index contributed by atoms with van der Waals surface area (Å²) in [6.07, 6.45) is 0. The van der Waals surface area contributed by atoms with E-state index in [1.54, 1.807) is 0 Å². The first-order chi connectivity index (χ1) is 22.7. The Morgan fingerprint density at radius 1 is 0.435 bits per heavy atom. The van der Waals surface area contributed by atoms with Crippen LogP contribution in [0.4, 0.5) is 0 Å². The second-order valence-electron chi connectivity index (χ2n) is 12.2. The molecule has 2 aromatic heterocycles. The summed E-state index contributed by atoms with van der Waals surface area (Å²) in [5.41, 5.74) is 6.67. The number of rotatable bonds is 5. The van der Waals surface area contributed by atoms with Crippen LogP contribution >= 0.6 is 0 Å². The summed E-state index contributed by atoms with van der Waals surface area (Å²) in [7, 11) is -2.67. The van der Waals surface area contributed by atoms with Gasteiger partial charge in [0.05, 0.1) is 11.0 Å². The van der Waals surface area contributed by atoms with Crippen molar-refractivity contribution in [2.24, 2.45) is 0 Å². The van der Waals surface area contributed by atoms with Gasteiger partial charge >= 0.3 is 0 Å². The first-order valence-corrected chi connectivity index (χ1v) is 17.9. The predicted molar refractivity (Wildman–Crippen MR) is 196 cm³/mol. The van der Waals surface area contributed by atoms with Gasteiger partial charge in [-0.05, 0) is 63.6 Å². The SMILES string of the molecule is Cc1cccc2c3ccccc3n(-c3ccc4oc5ccc([Si](c6ccccc6)(c6ccccc6)c6ccccc6)cc5c4c3)c12. The third kappa shape index (κ3) is 3.89. The summed E-state index contributed by atoms with van der Waals surface area (Å²) in [4.78, 5) is 0. The maximum Gasteiger partial charge on any atom is 0.179 e. The van der Waals surface area contributed by atoms with Crippen molar-refractivity contribution in [1.29, 1.82) is 0 Å². The molecule has 0 aliphatic rings. The van der Waals surface area contributed by atoms with Crippen molar-refractivity contribution in [3.8, 4) is 5.69 Å². The molecular formula is C43H31NOSi. The quantitative estimate of drug-likeness (QED) is 0.142. The zero-order valence-electron chi connectivity index (χ0n) is 25.5. The van der Waals surface area contributed by atoms with E-state index < -0.39 is 8.07 Å². The third-order valence-corrected chi connectivity index (χ3v) is 14.4. The molecule has 218 valence electrons. The first kappa shape index (κ1) is 26.7. The Morgan fingerprint density at radius 3 is 1.63 bits per heavy atom. The lowest BCUT2D eigenvalue weighted by molar-refractivity contribution is 0.669. The van der Waals surface area contributed by atoms with E-state index in [-0.39, 0.29) is 0 Å². The van der Waals surface area contributed by atoms with Gasteiger partial charge in [0, 0.05) is 27.2 Å². The highest BCUT2D eigenvalue weighted by molar-refractivity contribution is 7.20. The highest BCUT2D eigenvalue weighted by atomic mass is 28.3. The predicted octanol–water partition coefficient (Wildman–Crippen LogP) is 8.37. The Labute approximate surface area is 268 Å². The van der Waals surface area contributed by atoms with Crippen molar-refractivity contribution in [2.75, 3.05) is 0 Å². The molecule has 3 heteroatoms. The van der Waals surface area contributed by atoms with E-state index in [9.17, 15) is 0 Å². The third-order valence-electron chi connectivity index (χ3n) is 9.66. The van der Waals surface area contributed by atoms with Crippen molar-refractivity contribution in [3.63, 3.8) is 0 Å². The Hall–Kier alpha value is -5.64. The van der Waals surface area contributed by atoms with Crippen LogP contribution in [0.5, 0.6) is 0 Å². The summed E-state index contributed by atoms with van der Waals surface area (Å²) in [6, 6.07) is 62.1. The molecule has 9 rings (SSSR count). The Balaban J connectivity index is 1.34. The Kier molecular flexibility index (Phi) is 6.09. The Morgan fingerprint density at radius 2 is 0.978 bits per heavy atom. The van der Waals surface area contributed by atoms with E-state index in [1.165, 1.54) is 48.1 Å². The summed E-state index contributed by atoms with van der Waals surface area (Å²) < 4.78 is 8.93. The molecule has 0 aliphatic heterocycles. The number of hydrogen-bond acceptors (Lipinski definition) is 1. The van der Waals surface area contributed by atoms with Crippen LogP contribution in [-0.4, -0.2) is 12.6 Å². The molecule has 0 amide bonds. The van der Waals surface area contributed by atoms with Gasteiger partial charge in [0.2, 0.25) is 0 Å². The second-order valence-corrected chi connectivity index (χ2v) is 16.0. The fourth-order valence-electron chi connectivity index (χ4n) is 7.66. The van der Waals surface area contributed by atoms with Crippen LogP contribution in [0.15, 0.2) is 174 Å². The molecule has 0 radical (unpaired) electrons. The van der Waals surface area contributed by atoms with Gasteiger partial charge in [0.1, 0.15) is 11.2 Å². The molecular weight excluding hydrogens is 575 g/mol. The molecule has 0 saturated carbocycles. The second kappa shape index (κ2) is 10.5. The number of aromatic nitrogens is 1. The number of nitrogens with zero attached hydrogens (tertiary/aromatic N) is 1. The topological polar surface area (TPSA) is 18.1 Å². The van der Waals surface area contributed by atoms with Gasteiger partial charge in [0.15, 0.2) is 8.07 Å². The smallest absolute Gasteiger partial charge is 0.179 e. The van der Waals surface area contributed by atoms with Crippen LogP contribution in [0.25, 0.3) is 49.4 Å². The van der Waals surface area contributed by atoms with E-state index in [4.69, 9.17) is 4.42 Å². The van der Waals surface area contributed by atoms with Crippen LogP contribution in [0, 0.1) is 6.92 Å². The number of aryl methyl sites for hydroxylation is 1. The summed E-state index contributed by atoms with van der Waals surface area (Å²) in [5.74, 6) is 0. The fraction of sp³-hybridized carbons (Fsp3) is 0.0233. The van der Waals surface area contributed by atoms with E-state index in [0.717, 1.165) is 27.6 Å². The number of para-hydroxylation sites is 2. The molecule has 46 heavy (non-hydrogen) atoms. The molecule has 9 aromatic rings. The lowest BCUT2D eigenvalue weighted by atomic mass is 10.1. The first-order valence-electron chi connectivity index (χ1n) is 15.9. The molecule has 2 heterocycles. The van der Waals surface area contributed by atoms with E-state index in [1.807, 2.05) is 0 Å².